The molecule has 0 radical (unpaired) electrons. The molecule has 46 valence electrons. The van der Waals surface area contributed by atoms with Crippen molar-refractivity contribution in [2.45, 2.75) is 24.4 Å². The summed E-state index contributed by atoms with van der Waals surface area (Å²) in [7, 11) is -0.250. The molecule has 0 saturated heterocycles. The summed E-state index contributed by atoms with van der Waals surface area (Å²) in [5.41, 5.74) is 0. The van der Waals surface area contributed by atoms with Gasteiger partial charge in [-0.15, -0.1) is 0 Å². The molecule has 0 aliphatic heterocycles. The third-order valence-corrected chi connectivity index (χ3v) is 1.73. The van der Waals surface area contributed by atoms with Crippen LogP contribution in [0.15, 0.2) is 0 Å². The second kappa shape index (κ2) is 15.7. The summed E-state index contributed by atoms with van der Waals surface area (Å²) in [6.07, 6.45) is 0. The molecule has 0 aromatic rings. The van der Waals surface area contributed by atoms with Gasteiger partial charge in [-0.25, -0.2) is 0 Å². The Morgan fingerprint density at radius 2 is 1.75 bits per heavy atom. The Morgan fingerprint density at radius 1 is 1.50 bits per heavy atom. The molecule has 0 fully saturated rings. The predicted octanol–water partition coefficient (Wildman–Crippen LogP) is 2.31. The maximum absolute atomic E-state index is 8.72. The van der Waals surface area contributed by atoms with Crippen LogP contribution in [-0.2, 0) is 16.8 Å². The van der Waals surface area contributed by atoms with Crippen LogP contribution in [0, 0.1) is 0 Å². The van der Waals surface area contributed by atoms with Crippen LogP contribution in [0.1, 0.15) is 13.8 Å². The normalized spacial score (nSPS) is 6.88. The molecule has 0 rings (SSSR count). The first-order valence-corrected chi connectivity index (χ1v) is 6.05. The van der Waals surface area contributed by atoms with Gasteiger partial charge in [0.05, 0.1) is 0 Å². The molecular formula is C4H10AlOPS. The molecule has 0 unspecified atom stereocenters. The largest absolute Gasteiger partial charge is 0.682 e. The van der Waals surface area contributed by atoms with Crippen LogP contribution < -0.4 is 0 Å². The smallest absolute Gasteiger partial charge is 0.0129 e. The van der Waals surface area contributed by atoms with E-state index in [2.05, 4.69) is 26.1 Å². The van der Waals surface area contributed by atoms with Crippen molar-refractivity contribution in [1.29, 1.82) is 0 Å². The maximum atomic E-state index is 8.72. The Kier molecular flexibility index (Phi) is 23.0. The fourth-order valence-electron chi connectivity index (χ4n) is 0.289. The van der Waals surface area contributed by atoms with E-state index in [1.165, 1.54) is 10.6 Å². The van der Waals surface area contributed by atoms with E-state index in [-0.39, 0.29) is 7.66 Å². The molecular weight excluding hydrogens is 154 g/mol. The minimum absolute atomic E-state index is 0.250. The molecule has 0 saturated carbocycles. The number of rotatable bonds is 2. The molecule has 8 heavy (non-hydrogen) atoms. The molecule has 1 nitrogen and oxygen atoms in total. The van der Waals surface area contributed by atoms with Crippen molar-refractivity contribution in [2.75, 3.05) is 0 Å². The van der Waals surface area contributed by atoms with E-state index >= 15 is 0 Å². The minimum atomic E-state index is -0.250. The third kappa shape index (κ3) is 28.1. The van der Waals surface area contributed by atoms with Crippen molar-refractivity contribution in [3.63, 3.8) is 0 Å². The molecule has 0 amide bonds. The van der Waals surface area contributed by atoms with E-state index in [1.54, 1.807) is 0 Å². The van der Waals surface area contributed by atoms with Crippen LogP contribution in [0.5, 0.6) is 0 Å². The molecule has 0 aromatic heterocycles. The van der Waals surface area contributed by atoms with Crippen LogP contribution in [0.3, 0.4) is 0 Å². The standard InChI is InChI=1S/2C2H5.Al.HOPS/c2*1-2;;1-2-3/h2*1H2,2H3;;(H,1,3)/q;;+1;/p-1. The second-order valence-corrected chi connectivity index (χ2v) is 3.99. The molecule has 4 heteroatoms. The second-order valence-electron chi connectivity index (χ2n) is 1.18. The van der Waals surface area contributed by atoms with Crippen LogP contribution in [0.25, 0.3) is 0 Å². The number of hydrogen-bond donors (Lipinski definition) is 0. The van der Waals surface area contributed by atoms with Gasteiger partial charge in [-0.05, 0) is 7.66 Å². The van der Waals surface area contributed by atoms with E-state index in [1.807, 2.05) is 0 Å². The van der Waals surface area contributed by atoms with Gasteiger partial charge >= 0.3 is 39.6 Å². The predicted molar refractivity (Wildman–Crippen MR) is 41.7 cm³/mol. The molecule has 0 spiro atoms. The first-order chi connectivity index (χ1) is 3.83. The zero-order valence-corrected chi connectivity index (χ0v) is 8.12. The van der Waals surface area contributed by atoms with Crippen LogP contribution in [0.4, 0.5) is 0 Å². The minimum Gasteiger partial charge on any atom is -0.682 e. The van der Waals surface area contributed by atoms with Crippen molar-refractivity contribution >= 4 is 35.1 Å². The van der Waals surface area contributed by atoms with Crippen molar-refractivity contribution in [3.8, 4) is 0 Å². The zero-order chi connectivity index (χ0) is 6.83. The van der Waals surface area contributed by atoms with Gasteiger partial charge in [0.1, 0.15) is 0 Å². The first kappa shape index (κ1) is 11.7. The Morgan fingerprint density at radius 3 is 1.75 bits per heavy atom. The number of hydrogen-bond acceptors (Lipinski definition) is 2. The molecule has 0 atom stereocenters. The summed E-state index contributed by atoms with van der Waals surface area (Å²) in [6.45, 7) is 4.50. The van der Waals surface area contributed by atoms with E-state index < -0.39 is 0 Å². The monoisotopic (exact) mass is 164 g/mol. The average Bonchev–Trinajstić information content (AvgIpc) is 1.71. The molecule has 0 heterocycles. The van der Waals surface area contributed by atoms with Gasteiger partial charge in [0, 0.05) is 0 Å². The Balaban J connectivity index is 0. The van der Waals surface area contributed by atoms with Crippen molar-refractivity contribution in [2.24, 2.45) is 0 Å². The maximum Gasteiger partial charge on any atom is -0.0129 e. The van der Waals surface area contributed by atoms with Crippen molar-refractivity contribution < 1.29 is 4.57 Å². The molecule has 0 aliphatic rings. The summed E-state index contributed by atoms with van der Waals surface area (Å²) < 4.78 is 8.72. The Labute approximate surface area is 64.3 Å². The first-order valence-electron chi connectivity index (χ1n) is 2.60. The van der Waals surface area contributed by atoms with E-state index in [9.17, 15) is 0 Å². The molecule has 0 bridgehead atoms. The van der Waals surface area contributed by atoms with Crippen LogP contribution in [0.2, 0.25) is 10.6 Å². The SMILES string of the molecule is C[CH2][Al+][CH2]C.O=P[S-]. The van der Waals surface area contributed by atoms with E-state index in [0.717, 1.165) is 15.2 Å². The fourth-order valence-corrected chi connectivity index (χ4v) is 0.866. The summed E-state index contributed by atoms with van der Waals surface area (Å²) >= 11 is 4.62. The van der Waals surface area contributed by atoms with Gasteiger partial charge in [-0.2, -0.15) is 0 Å². The van der Waals surface area contributed by atoms with Gasteiger partial charge in [0.25, 0.3) is 0 Å². The van der Waals surface area contributed by atoms with Crippen LogP contribution >= 0.6 is 7.66 Å². The molecule has 0 N–H and O–H groups in total. The van der Waals surface area contributed by atoms with E-state index in [4.69, 9.17) is 4.57 Å². The van der Waals surface area contributed by atoms with Gasteiger partial charge in [0.15, 0.2) is 0 Å². The third-order valence-electron chi connectivity index (χ3n) is 0.577. The van der Waals surface area contributed by atoms with Gasteiger partial charge in [0.2, 0.25) is 0 Å². The van der Waals surface area contributed by atoms with Crippen molar-refractivity contribution in [1.82, 2.24) is 0 Å². The quantitative estimate of drug-likeness (QED) is 0.354. The van der Waals surface area contributed by atoms with Gasteiger partial charge in [-0.1, -0.05) is 0 Å². The van der Waals surface area contributed by atoms with Gasteiger partial charge in [-0.3, -0.25) is 0 Å². The molecule has 0 aliphatic carbocycles. The summed E-state index contributed by atoms with van der Waals surface area (Å²) in [5.74, 6) is 0. The summed E-state index contributed by atoms with van der Waals surface area (Å²) in [6, 6.07) is 0. The molecule has 0 aromatic carbocycles. The summed E-state index contributed by atoms with van der Waals surface area (Å²) in [4.78, 5) is 0. The zero-order valence-electron chi connectivity index (χ0n) is 5.26. The van der Waals surface area contributed by atoms with Crippen molar-refractivity contribution in [3.05, 3.63) is 0 Å². The summed E-state index contributed by atoms with van der Waals surface area (Å²) in [5, 5.41) is 2.85. The fraction of sp³-hybridized carbons (Fsp3) is 1.00. The Hall–Kier alpha value is 0.982. The average molecular weight is 164 g/mol. The topological polar surface area (TPSA) is 17.1 Å². The Bertz CT molecular complexity index is 43.0. The van der Waals surface area contributed by atoms with E-state index in [0.29, 0.717) is 0 Å². The van der Waals surface area contributed by atoms with Crippen LogP contribution in [-0.4, -0.2) is 15.2 Å². The van der Waals surface area contributed by atoms with Gasteiger partial charge < -0.3 is 16.8 Å².